The summed E-state index contributed by atoms with van der Waals surface area (Å²) in [4.78, 5) is 19.0. The Labute approximate surface area is 135 Å². The van der Waals surface area contributed by atoms with Crippen molar-refractivity contribution in [2.75, 3.05) is 13.1 Å². The van der Waals surface area contributed by atoms with Gasteiger partial charge in [-0.15, -0.1) is 0 Å². The Morgan fingerprint density at radius 2 is 2.09 bits per heavy atom. The third-order valence-electron chi connectivity index (χ3n) is 4.00. The number of rotatable bonds is 2. The molecule has 3 rings (SSSR count). The molecule has 0 aliphatic carbocycles. The minimum absolute atomic E-state index is 0.0379. The Kier molecular flexibility index (Phi) is 3.93. The molecule has 6 heteroatoms. The van der Waals surface area contributed by atoms with Crippen LogP contribution in [0.25, 0.3) is 11.5 Å². The van der Waals surface area contributed by atoms with Crippen LogP contribution in [0.1, 0.15) is 43.4 Å². The molecule has 1 aliphatic heterocycles. The fourth-order valence-corrected chi connectivity index (χ4v) is 2.64. The average molecular weight is 314 g/mol. The van der Waals surface area contributed by atoms with Crippen molar-refractivity contribution in [2.24, 2.45) is 5.73 Å². The molecule has 1 saturated heterocycles. The number of benzene rings is 1. The lowest BCUT2D eigenvalue weighted by atomic mass is 9.96. The molecule has 0 saturated carbocycles. The van der Waals surface area contributed by atoms with E-state index in [-0.39, 0.29) is 17.4 Å². The van der Waals surface area contributed by atoms with Gasteiger partial charge in [-0.2, -0.15) is 4.98 Å². The molecule has 1 aromatic heterocycles. The second-order valence-corrected chi connectivity index (χ2v) is 7.02. The highest BCUT2D eigenvalue weighted by Crippen LogP contribution is 2.27. The molecule has 2 N–H and O–H groups in total. The smallest absolute Gasteiger partial charge is 0.258 e. The molecule has 1 fully saturated rings. The predicted octanol–water partition coefficient (Wildman–Crippen LogP) is 2.21. The van der Waals surface area contributed by atoms with E-state index in [4.69, 9.17) is 10.3 Å². The van der Waals surface area contributed by atoms with Crippen molar-refractivity contribution in [3.05, 3.63) is 35.7 Å². The average Bonchev–Trinajstić information content (AvgIpc) is 3.15. The summed E-state index contributed by atoms with van der Waals surface area (Å²) in [5, 5.41) is 4.04. The van der Waals surface area contributed by atoms with Crippen molar-refractivity contribution >= 4 is 5.91 Å². The second-order valence-electron chi connectivity index (χ2n) is 7.02. The number of likely N-dealkylation sites (tertiary alicyclic amines) is 1. The number of amides is 1. The molecule has 0 radical (unpaired) electrons. The third kappa shape index (κ3) is 3.12. The van der Waals surface area contributed by atoms with Crippen LogP contribution in [0.15, 0.2) is 28.8 Å². The largest absolute Gasteiger partial charge is 0.337 e. The van der Waals surface area contributed by atoms with Gasteiger partial charge in [0, 0.05) is 24.5 Å². The maximum Gasteiger partial charge on any atom is 0.258 e. The first kappa shape index (κ1) is 15.7. The molecule has 0 spiro atoms. The number of aromatic nitrogens is 2. The molecule has 1 atom stereocenters. The molecule has 6 nitrogen and oxygen atoms in total. The molecule has 2 heterocycles. The number of hydrogen-bond acceptors (Lipinski definition) is 5. The van der Waals surface area contributed by atoms with Gasteiger partial charge in [0.1, 0.15) is 0 Å². The summed E-state index contributed by atoms with van der Waals surface area (Å²) in [6.07, 6.45) is 0.836. The topological polar surface area (TPSA) is 85.2 Å². The van der Waals surface area contributed by atoms with Gasteiger partial charge < -0.3 is 15.2 Å². The van der Waals surface area contributed by atoms with Crippen LogP contribution in [0.3, 0.4) is 0 Å². The van der Waals surface area contributed by atoms with E-state index in [2.05, 4.69) is 10.1 Å². The van der Waals surface area contributed by atoms with Crippen molar-refractivity contribution in [1.82, 2.24) is 15.0 Å². The highest BCUT2D eigenvalue weighted by atomic mass is 16.5. The maximum absolute atomic E-state index is 12.8. The summed E-state index contributed by atoms with van der Waals surface area (Å²) in [6.45, 7) is 7.33. The van der Waals surface area contributed by atoms with Gasteiger partial charge in [0.25, 0.3) is 11.8 Å². The molecule has 1 aliphatic rings. The quantitative estimate of drug-likeness (QED) is 0.918. The van der Waals surface area contributed by atoms with Crippen LogP contribution < -0.4 is 5.73 Å². The highest BCUT2D eigenvalue weighted by Gasteiger charge is 2.28. The second kappa shape index (κ2) is 5.77. The Hall–Kier alpha value is -2.21. The van der Waals surface area contributed by atoms with Crippen molar-refractivity contribution in [2.45, 2.75) is 38.6 Å². The summed E-state index contributed by atoms with van der Waals surface area (Å²) in [6, 6.07) is 7.39. The van der Waals surface area contributed by atoms with Crippen LogP contribution in [0.2, 0.25) is 0 Å². The van der Waals surface area contributed by atoms with Crippen molar-refractivity contribution in [3.63, 3.8) is 0 Å². The maximum atomic E-state index is 12.8. The van der Waals surface area contributed by atoms with Gasteiger partial charge in [-0.1, -0.05) is 38.1 Å². The monoisotopic (exact) mass is 314 g/mol. The zero-order chi connectivity index (χ0) is 16.6. The van der Waals surface area contributed by atoms with E-state index in [0.717, 1.165) is 6.42 Å². The van der Waals surface area contributed by atoms with E-state index in [9.17, 15) is 4.79 Å². The van der Waals surface area contributed by atoms with E-state index in [1.807, 2.05) is 39.0 Å². The molecule has 1 amide bonds. The normalized spacial score (nSPS) is 18.4. The van der Waals surface area contributed by atoms with Crippen molar-refractivity contribution in [1.29, 1.82) is 0 Å². The van der Waals surface area contributed by atoms with Crippen molar-refractivity contribution < 1.29 is 9.32 Å². The van der Waals surface area contributed by atoms with Crippen LogP contribution in [0, 0.1) is 0 Å². The van der Waals surface area contributed by atoms with Crippen molar-refractivity contribution in [3.8, 4) is 11.5 Å². The van der Waals surface area contributed by atoms with E-state index in [0.29, 0.717) is 35.9 Å². The number of nitrogens with zero attached hydrogens (tertiary/aromatic N) is 3. The van der Waals surface area contributed by atoms with Crippen LogP contribution in [0.4, 0.5) is 0 Å². The first-order chi connectivity index (χ1) is 10.9. The lowest BCUT2D eigenvalue weighted by Crippen LogP contribution is -2.32. The van der Waals surface area contributed by atoms with Gasteiger partial charge in [0.05, 0.1) is 11.1 Å². The standard InChI is InChI=1S/C17H22N4O2/c1-17(2,3)16-19-14(23-20-16)12-6-4-5-7-13(12)15(22)21-9-8-11(18)10-21/h4-7,11H,8-10,18H2,1-3H3/t11-/m0/s1. The zero-order valence-corrected chi connectivity index (χ0v) is 13.7. The summed E-state index contributed by atoms with van der Waals surface area (Å²) >= 11 is 0. The van der Waals surface area contributed by atoms with Gasteiger partial charge in [-0.05, 0) is 18.6 Å². The molecule has 1 aromatic carbocycles. The van der Waals surface area contributed by atoms with Gasteiger partial charge in [-0.3, -0.25) is 4.79 Å². The predicted molar refractivity (Wildman–Crippen MR) is 86.9 cm³/mol. The van der Waals surface area contributed by atoms with Crippen LogP contribution in [-0.4, -0.2) is 40.1 Å². The fourth-order valence-electron chi connectivity index (χ4n) is 2.64. The van der Waals surface area contributed by atoms with Gasteiger partial charge in [-0.25, -0.2) is 0 Å². The summed E-state index contributed by atoms with van der Waals surface area (Å²) in [7, 11) is 0. The molecular weight excluding hydrogens is 292 g/mol. The molecule has 2 aromatic rings. The van der Waals surface area contributed by atoms with E-state index in [1.54, 1.807) is 11.0 Å². The highest BCUT2D eigenvalue weighted by molar-refractivity contribution is 6.00. The number of hydrogen-bond donors (Lipinski definition) is 1. The molecular formula is C17H22N4O2. The van der Waals surface area contributed by atoms with E-state index >= 15 is 0 Å². The number of nitrogens with two attached hydrogens (primary N) is 1. The zero-order valence-electron chi connectivity index (χ0n) is 13.7. The molecule has 23 heavy (non-hydrogen) atoms. The van der Waals surface area contributed by atoms with Gasteiger partial charge >= 0.3 is 0 Å². The molecule has 0 unspecified atom stereocenters. The van der Waals surface area contributed by atoms with Crippen LogP contribution in [0.5, 0.6) is 0 Å². The Morgan fingerprint density at radius 3 is 2.70 bits per heavy atom. The summed E-state index contributed by atoms with van der Waals surface area (Å²) in [5.41, 5.74) is 6.94. The Morgan fingerprint density at radius 1 is 1.35 bits per heavy atom. The van der Waals surface area contributed by atoms with Crippen LogP contribution in [-0.2, 0) is 5.41 Å². The van der Waals surface area contributed by atoms with E-state index < -0.39 is 0 Å². The first-order valence-electron chi connectivity index (χ1n) is 7.84. The lowest BCUT2D eigenvalue weighted by molar-refractivity contribution is 0.0791. The minimum atomic E-state index is -0.206. The molecule has 0 bridgehead atoms. The van der Waals surface area contributed by atoms with Crippen LogP contribution >= 0.6 is 0 Å². The summed E-state index contributed by atoms with van der Waals surface area (Å²) < 4.78 is 5.40. The Balaban J connectivity index is 1.95. The Bertz CT molecular complexity index is 717. The summed E-state index contributed by atoms with van der Waals surface area (Å²) in [5.74, 6) is 0.962. The first-order valence-corrected chi connectivity index (χ1v) is 7.84. The van der Waals surface area contributed by atoms with Gasteiger partial charge in [0.2, 0.25) is 0 Å². The third-order valence-corrected chi connectivity index (χ3v) is 4.00. The SMILES string of the molecule is CC(C)(C)c1noc(-c2ccccc2C(=O)N2CC[C@H](N)C2)n1. The van der Waals surface area contributed by atoms with E-state index in [1.165, 1.54) is 0 Å². The van der Waals surface area contributed by atoms with Gasteiger partial charge in [0.15, 0.2) is 5.82 Å². The fraction of sp³-hybridized carbons (Fsp3) is 0.471. The molecule has 122 valence electrons. The number of carbonyl (C=O) groups is 1. The number of carbonyl (C=O) groups excluding carboxylic acids is 1. The lowest BCUT2D eigenvalue weighted by Gasteiger charge is -2.17. The minimum Gasteiger partial charge on any atom is -0.337 e.